The first kappa shape index (κ1) is 16.7. The van der Waals surface area contributed by atoms with Crippen LogP contribution in [0.5, 0.6) is 0 Å². The average molecular weight is 312 g/mol. The van der Waals surface area contributed by atoms with Crippen molar-refractivity contribution in [2.75, 3.05) is 19.7 Å². The Morgan fingerprint density at radius 3 is 2.68 bits per heavy atom. The number of nitrogens with zero attached hydrogens (tertiary/aromatic N) is 1. The van der Waals surface area contributed by atoms with E-state index in [2.05, 4.69) is 5.32 Å². The summed E-state index contributed by atoms with van der Waals surface area (Å²) in [5, 5.41) is 11.9. The Kier molecular flexibility index (Phi) is 6.12. The summed E-state index contributed by atoms with van der Waals surface area (Å²) in [6.45, 7) is 1.08. The first-order chi connectivity index (χ1) is 10.6. The number of carbonyl (C=O) groups is 1. The summed E-state index contributed by atoms with van der Waals surface area (Å²) in [6, 6.07) is 3.27. The van der Waals surface area contributed by atoms with Gasteiger partial charge in [-0.3, -0.25) is 0 Å². The van der Waals surface area contributed by atoms with E-state index in [1.807, 2.05) is 0 Å². The largest absolute Gasteiger partial charge is 0.396 e. The van der Waals surface area contributed by atoms with Crippen LogP contribution in [-0.4, -0.2) is 41.8 Å². The zero-order valence-corrected chi connectivity index (χ0v) is 12.5. The number of piperidine rings is 1. The standard InChI is InChI=1S/C16H22F2N2O2/c17-13-9-12(10-14(18)11-13)4-6-19-16(22)20-7-2-1-3-15(20)5-8-21/h9-11,15,21H,1-8H2,(H,19,22). The van der Waals surface area contributed by atoms with Gasteiger partial charge in [0.15, 0.2) is 0 Å². The van der Waals surface area contributed by atoms with Crippen LogP contribution in [-0.2, 0) is 6.42 Å². The molecule has 0 spiro atoms. The minimum absolute atomic E-state index is 0.0665. The highest BCUT2D eigenvalue weighted by molar-refractivity contribution is 5.74. The molecule has 2 N–H and O–H groups in total. The lowest BCUT2D eigenvalue weighted by molar-refractivity contribution is 0.132. The van der Waals surface area contributed by atoms with E-state index in [-0.39, 0.29) is 18.7 Å². The van der Waals surface area contributed by atoms with Crippen molar-refractivity contribution in [3.63, 3.8) is 0 Å². The Bertz CT molecular complexity index is 489. The summed E-state index contributed by atoms with van der Waals surface area (Å²) < 4.78 is 26.2. The maximum Gasteiger partial charge on any atom is 0.317 e. The molecule has 6 heteroatoms. The van der Waals surface area contributed by atoms with E-state index in [1.165, 1.54) is 12.1 Å². The Hall–Kier alpha value is -1.69. The highest BCUT2D eigenvalue weighted by Crippen LogP contribution is 2.19. The number of carbonyl (C=O) groups excluding carboxylic acids is 1. The van der Waals surface area contributed by atoms with E-state index in [9.17, 15) is 13.6 Å². The monoisotopic (exact) mass is 312 g/mol. The molecule has 0 aromatic heterocycles. The fourth-order valence-electron chi connectivity index (χ4n) is 2.89. The van der Waals surface area contributed by atoms with Crippen molar-refractivity contribution in [1.82, 2.24) is 10.2 Å². The number of benzene rings is 1. The molecule has 1 aromatic rings. The SMILES string of the molecule is O=C(NCCc1cc(F)cc(F)c1)N1CCCCC1CCO. The second kappa shape index (κ2) is 8.08. The summed E-state index contributed by atoms with van der Waals surface area (Å²) in [6.07, 6.45) is 3.89. The van der Waals surface area contributed by atoms with Crippen LogP contribution in [0, 0.1) is 11.6 Å². The van der Waals surface area contributed by atoms with Gasteiger partial charge in [0.25, 0.3) is 0 Å². The van der Waals surface area contributed by atoms with Crippen LogP contribution in [0.15, 0.2) is 18.2 Å². The van der Waals surface area contributed by atoms with Crippen molar-refractivity contribution in [1.29, 1.82) is 0 Å². The van der Waals surface area contributed by atoms with E-state index in [1.54, 1.807) is 4.90 Å². The number of urea groups is 1. The van der Waals surface area contributed by atoms with Gasteiger partial charge in [-0.25, -0.2) is 13.6 Å². The van der Waals surface area contributed by atoms with E-state index in [4.69, 9.17) is 5.11 Å². The Morgan fingerprint density at radius 1 is 1.27 bits per heavy atom. The third kappa shape index (κ3) is 4.66. The van der Waals surface area contributed by atoms with Crippen LogP contribution in [0.25, 0.3) is 0 Å². The number of aliphatic hydroxyl groups is 1. The quantitative estimate of drug-likeness (QED) is 0.877. The predicted octanol–water partition coefficient (Wildman–Crippen LogP) is 2.45. The molecule has 1 aliphatic rings. The topological polar surface area (TPSA) is 52.6 Å². The maximum atomic E-state index is 13.1. The molecular weight excluding hydrogens is 290 g/mol. The molecule has 2 rings (SSSR count). The summed E-state index contributed by atoms with van der Waals surface area (Å²) in [7, 11) is 0. The van der Waals surface area contributed by atoms with Crippen LogP contribution in [0.2, 0.25) is 0 Å². The van der Waals surface area contributed by atoms with E-state index in [0.717, 1.165) is 25.3 Å². The zero-order chi connectivity index (χ0) is 15.9. The molecule has 1 heterocycles. The normalized spacial score (nSPS) is 18.3. The average Bonchev–Trinajstić information content (AvgIpc) is 2.47. The van der Waals surface area contributed by atoms with Crippen LogP contribution < -0.4 is 5.32 Å². The highest BCUT2D eigenvalue weighted by Gasteiger charge is 2.25. The van der Waals surface area contributed by atoms with Crippen LogP contribution in [0.1, 0.15) is 31.2 Å². The molecule has 0 radical (unpaired) electrons. The number of hydrogen-bond donors (Lipinski definition) is 2. The van der Waals surface area contributed by atoms with E-state index < -0.39 is 11.6 Å². The van der Waals surface area contributed by atoms with Gasteiger partial charge in [0, 0.05) is 31.8 Å². The Balaban J connectivity index is 1.83. The number of hydrogen-bond acceptors (Lipinski definition) is 2. The lowest BCUT2D eigenvalue weighted by Crippen LogP contribution is -2.49. The van der Waals surface area contributed by atoms with Gasteiger partial charge in [0.05, 0.1) is 0 Å². The zero-order valence-electron chi connectivity index (χ0n) is 12.5. The number of halogens is 2. The van der Waals surface area contributed by atoms with Gasteiger partial charge in [-0.15, -0.1) is 0 Å². The molecule has 1 unspecified atom stereocenters. The molecule has 4 nitrogen and oxygen atoms in total. The highest BCUT2D eigenvalue weighted by atomic mass is 19.1. The summed E-state index contributed by atoms with van der Waals surface area (Å²) in [4.78, 5) is 13.9. The molecule has 2 amide bonds. The molecule has 122 valence electrons. The molecule has 1 aromatic carbocycles. The molecule has 0 aliphatic carbocycles. The van der Waals surface area contributed by atoms with Crippen molar-refractivity contribution >= 4 is 6.03 Å². The van der Waals surface area contributed by atoms with Crippen LogP contribution in [0.3, 0.4) is 0 Å². The van der Waals surface area contributed by atoms with E-state index in [0.29, 0.717) is 31.5 Å². The number of rotatable bonds is 5. The molecule has 1 atom stereocenters. The van der Waals surface area contributed by atoms with Gasteiger partial charge in [-0.1, -0.05) is 0 Å². The molecule has 0 saturated carbocycles. The molecule has 1 fully saturated rings. The number of aliphatic hydroxyl groups excluding tert-OH is 1. The van der Waals surface area contributed by atoms with Crippen molar-refractivity contribution in [3.05, 3.63) is 35.4 Å². The second-order valence-electron chi connectivity index (χ2n) is 5.61. The molecule has 22 heavy (non-hydrogen) atoms. The Labute approximate surface area is 129 Å². The van der Waals surface area contributed by atoms with Gasteiger partial charge in [-0.2, -0.15) is 0 Å². The first-order valence-electron chi connectivity index (χ1n) is 7.70. The lowest BCUT2D eigenvalue weighted by Gasteiger charge is -2.35. The lowest BCUT2D eigenvalue weighted by atomic mass is 10.0. The molecular formula is C16H22F2N2O2. The third-order valence-electron chi connectivity index (χ3n) is 3.96. The molecule has 1 aliphatic heterocycles. The van der Waals surface area contributed by atoms with Gasteiger partial charge in [-0.05, 0) is 49.8 Å². The number of likely N-dealkylation sites (tertiary alicyclic amines) is 1. The number of nitrogens with one attached hydrogen (secondary N) is 1. The third-order valence-corrected chi connectivity index (χ3v) is 3.96. The fraction of sp³-hybridized carbons (Fsp3) is 0.562. The van der Waals surface area contributed by atoms with Gasteiger partial charge >= 0.3 is 6.03 Å². The molecule has 0 bridgehead atoms. The first-order valence-corrected chi connectivity index (χ1v) is 7.70. The molecule has 1 saturated heterocycles. The van der Waals surface area contributed by atoms with Gasteiger partial charge in [0.2, 0.25) is 0 Å². The van der Waals surface area contributed by atoms with E-state index >= 15 is 0 Å². The minimum atomic E-state index is -0.611. The summed E-state index contributed by atoms with van der Waals surface area (Å²) in [5.74, 6) is -1.22. The maximum absolute atomic E-state index is 13.1. The summed E-state index contributed by atoms with van der Waals surface area (Å²) >= 11 is 0. The van der Waals surface area contributed by atoms with Gasteiger partial charge in [0.1, 0.15) is 11.6 Å². The number of amides is 2. The fourth-order valence-corrected chi connectivity index (χ4v) is 2.89. The van der Waals surface area contributed by atoms with Crippen molar-refractivity contribution in [2.45, 2.75) is 38.1 Å². The predicted molar refractivity (Wildman–Crippen MR) is 79.5 cm³/mol. The minimum Gasteiger partial charge on any atom is -0.396 e. The Morgan fingerprint density at radius 2 is 2.00 bits per heavy atom. The van der Waals surface area contributed by atoms with Crippen molar-refractivity contribution in [3.8, 4) is 0 Å². The van der Waals surface area contributed by atoms with Crippen molar-refractivity contribution in [2.24, 2.45) is 0 Å². The summed E-state index contributed by atoms with van der Waals surface area (Å²) in [5.41, 5.74) is 0.517. The van der Waals surface area contributed by atoms with Crippen molar-refractivity contribution < 1.29 is 18.7 Å². The van der Waals surface area contributed by atoms with Crippen LogP contribution in [0.4, 0.5) is 13.6 Å². The van der Waals surface area contributed by atoms with Gasteiger partial charge < -0.3 is 15.3 Å². The van der Waals surface area contributed by atoms with Crippen LogP contribution >= 0.6 is 0 Å². The smallest absolute Gasteiger partial charge is 0.317 e. The second-order valence-corrected chi connectivity index (χ2v) is 5.61.